The highest BCUT2D eigenvalue weighted by atomic mass is 32.1. The van der Waals surface area contributed by atoms with Gasteiger partial charge in [0.25, 0.3) is 0 Å². The second-order valence-corrected chi connectivity index (χ2v) is 4.56. The summed E-state index contributed by atoms with van der Waals surface area (Å²) >= 11 is 1.06. The van der Waals surface area contributed by atoms with Gasteiger partial charge in [-0.3, -0.25) is 0 Å². The minimum atomic E-state index is -1.06. The number of carbonyl (C=O) groups is 1. The number of carboxylic acid groups (broad SMARTS) is 1. The van der Waals surface area contributed by atoms with Gasteiger partial charge in [0.05, 0.1) is 7.11 Å². The van der Waals surface area contributed by atoms with E-state index in [1.165, 1.54) is 13.2 Å². The molecule has 0 aliphatic heterocycles. The molecule has 0 amide bonds. The zero-order valence-electron chi connectivity index (χ0n) is 10.1. The van der Waals surface area contributed by atoms with Crippen LogP contribution in [0, 0.1) is 5.82 Å². The van der Waals surface area contributed by atoms with Crippen molar-refractivity contribution in [3.05, 3.63) is 45.9 Å². The second kappa shape index (κ2) is 5.71. The summed E-state index contributed by atoms with van der Waals surface area (Å²) in [6.07, 6.45) is 0. The monoisotopic (exact) mass is 282 g/mol. The molecule has 2 aromatic rings. The smallest absolute Gasteiger partial charge is 0.349 e. The van der Waals surface area contributed by atoms with Crippen molar-refractivity contribution in [3.8, 4) is 11.5 Å². The Labute approximate surface area is 113 Å². The van der Waals surface area contributed by atoms with Crippen molar-refractivity contribution in [1.82, 2.24) is 0 Å². The molecule has 1 heterocycles. The summed E-state index contributed by atoms with van der Waals surface area (Å²) in [7, 11) is 1.38. The lowest BCUT2D eigenvalue weighted by Gasteiger charge is -2.09. The summed E-state index contributed by atoms with van der Waals surface area (Å²) in [6, 6.07) is 6.26. The van der Waals surface area contributed by atoms with E-state index in [4.69, 9.17) is 14.6 Å². The van der Waals surface area contributed by atoms with Crippen LogP contribution in [0.5, 0.6) is 11.5 Å². The van der Waals surface area contributed by atoms with Crippen molar-refractivity contribution < 1.29 is 23.8 Å². The summed E-state index contributed by atoms with van der Waals surface area (Å²) in [6.45, 7) is -0.0555. The van der Waals surface area contributed by atoms with Crippen LogP contribution in [-0.2, 0) is 6.61 Å². The molecule has 0 aliphatic rings. The largest absolute Gasteiger partial charge is 0.494 e. The van der Waals surface area contributed by atoms with Gasteiger partial charge in [0, 0.05) is 5.56 Å². The number of methoxy groups -OCH3 is 1. The van der Waals surface area contributed by atoms with Crippen molar-refractivity contribution in [2.45, 2.75) is 6.61 Å². The van der Waals surface area contributed by atoms with Crippen LogP contribution in [0.1, 0.15) is 15.2 Å². The first-order valence-electron chi connectivity index (χ1n) is 5.38. The number of rotatable bonds is 5. The molecule has 100 valence electrons. The van der Waals surface area contributed by atoms with E-state index in [2.05, 4.69) is 0 Å². The van der Waals surface area contributed by atoms with E-state index in [0.717, 1.165) is 11.3 Å². The zero-order valence-corrected chi connectivity index (χ0v) is 10.9. The summed E-state index contributed by atoms with van der Waals surface area (Å²) in [5, 5.41) is 10.5. The minimum Gasteiger partial charge on any atom is -0.494 e. The molecule has 0 saturated carbocycles. The van der Waals surface area contributed by atoms with E-state index in [1.807, 2.05) is 0 Å². The lowest BCUT2D eigenvalue weighted by molar-refractivity contribution is 0.0697. The van der Waals surface area contributed by atoms with Gasteiger partial charge in [-0.2, -0.15) is 0 Å². The highest BCUT2D eigenvalue weighted by molar-refractivity contribution is 7.12. The molecular formula is C13H11FO4S. The standard InChI is InChI=1S/C13H11FO4S/c1-17-9-4-2-3-8(11(9)14)7-18-10-5-6-19-12(10)13(15)16/h2-6H,7H2,1H3,(H,15,16). The summed E-state index contributed by atoms with van der Waals surface area (Å²) < 4.78 is 24.0. The Morgan fingerprint density at radius 1 is 1.37 bits per heavy atom. The molecule has 19 heavy (non-hydrogen) atoms. The molecule has 0 fully saturated rings. The van der Waals surface area contributed by atoms with Crippen LogP contribution in [0.4, 0.5) is 4.39 Å². The van der Waals surface area contributed by atoms with Crippen LogP contribution in [0.2, 0.25) is 0 Å². The molecular weight excluding hydrogens is 271 g/mol. The topological polar surface area (TPSA) is 55.8 Å². The van der Waals surface area contributed by atoms with Crippen molar-refractivity contribution in [2.75, 3.05) is 7.11 Å². The second-order valence-electron chi connectivity index (χ2n) is 3.64. The number of benzene rings is 1. The maximum absolute atomic E-state index is 13.8. The van der Waals surface area contributed by atoms with E-state index in [9.17, 15) is 9.18 Å². The van der Waals surface area contributed by atoms with Crippen LogP contribution in [0.3, 0.4) is 0 Å². The molecule has 0 unspecified atom stereocenters. The summed E-state index contributed by atoms with van der Waals surface area (Å²) in [4.78, 5) is 11.0. The molecule has 6 heteroatoms. The molecule has 0 spiro atoms. The van der Waals surface area contributed by atoms with Crippen molar-refractivity contribution in [2.24, 2.45) is 0 Å². The molecule has 4 nitrogen and oxygen atoms in total. The predicted octanol–water partition coefficient (Wildman–Crippen LogP) is 3.17. The van der Waals surface area contributed by atoms with E-state index < -0.39 is 11.8 Å². The van der Waals surface area contributed by atoms with Gasteiger partial charge < -0.3 is 14.6 Å². The maximum Gasteiger partial charge on any atom is 0.349 e. The van der Waals surface area contributed by atoms with Gasteiger partial charge in [-0.15, -0.1) is 11.3 Å². The number of thiophene rings is 1. The molecule has 1 N–H and O–H groups in total. The van der Waals surface area contributed by atoms with Gasteiger partial charge in [0.2, 0.25) is 0 Å². The van der Waals surface area contributed by atoms with Gasteiger partial charge in [-0.25, -0.2) is 9.18 Å². The Balaban J connectivity index is 2.15. The van der Waals surface area contributed by atoms with Crippen molar-refractivity contribution in [3.63, 3.8) is 0 Å². The van der Waals surface area contributed by atoms with Crippen molar-refractivity contribution >= 4 is 17.3 Å². The first-order chi connectivity index (χ1) is 9.13. The van der Waals surface area contributed by atoms with Gasteiger partial charge >= 0.3 is 5.97 Å². The Morgan fingerprint density at radius 3 is 2.84 bits per heavy atom. The zero-order chi connectivity index (χ0) is 13.8. The normalized spacial score (nSPS) is 10.2. The van der Waals surface area contributed by atoms with Gasteiger partial charge in [-0.05, 0) is 17.5 Å². The number of ether oxygens (including phenoxy) is 2. The van der Waals surface area contributed by atoms with Gasteiger partial charge in [0.15, 0.2) is 16.4 Å². The average Bonchev–Trinajstić information content (AvgIpc) is 2.86. The number of carboxylic acids is 1. The third kappa shape index (κ3) is 2.85. The molecule has 0 radical (unpaired) electrons. The summed E-state index contributed by atoms with van der Waals surface area (Å²) in [5.41, 5.74) is 0.307. The lowest BCUT2D eigenvalue weighted by atomic mass is 10.2. The Bertz CT molecular complexity index is 594. The van der Waals surface area contributed by atoms with Gasteiger partial charge in [-0.1, -0.05) is 12.1 Å². The minimum absolute atomic E-state index is 0.0555. The fourth-order valence-electron chi connectivity index (χ4n) is 1.55. The highest BCUT2D eigenvalue weighted by Gasteiger charge is 2.14. The Kier molecular flexibility index (Phi) is 4.01. The van der Waals surface area contributed by atoms with Gasteiger partial charge in [0.1, 0.15) is 12.4 Å². The predicted molar refractivity (Wildman–Crippen MR) is 68.6 cm³/mol. The molecule has 0 atom stereocenters. The first kappa shape index (κ1) is 13.4. The first-order valence-corrected chi connectivity index (χ1v) is 6.26. The fraction of sp³-hybridized carbons (Fsp3) is 0.154. The molecule has 2 rings (SSSR count). The quantitative estimate of drug-likeness (QED) is 0.915. The van der Waals surface area contributed by atoms with Crippen LogP contribution >= 0.6 is 11.3 Å². The Hall–Kier alpha value is -2.08. The maximum atomic E-state index is 13.8. The molecule has 1 aromatic heterocycles. The number of halogens is 1. The van der Waals surface area contributed by atoms with E-state index >= 15 is 0 Å². The Morgan fingerprint density at radius 2 is 2.16 bits per heavy atom. The van der Waals surface area contributed by atoms with E-state index in [-0.39, 0.29) is 23.0 Å². The SMILES string of the molecule is COc1cccc(COc2ccsc2C(=O)O)c1F. The van der Waals surface area contributed by atoms with Crippen LogP contribution < -0.4 is 9.47 Å². The number of hydrogen-bond donors (Lipinski definition) is 1. The van der Waals surface area contributed by atoms with Crippen LogP contribution in [0.25, 0.3) is 0 Å². The van der Waals surface area contributed by atoms with E-state index in [1.54, 1.807) is 23.6 Å². The van der Waals surface area contributed by atoms with Crippen molar-refractivity contribution in [1.29, 1.82) is 0 Å². The lowest BCUT2D eigenvalue weighted by Crippen LogP contribution is -2.02. The third-order valence-electron chi connectivity index (χ3n) is 2.47. The molecule has 1 aromatic carbocycles. The van der Waals surface area contributed by atoms with E-state index in [0.29, 0.717) is 5.56 Å². The third-order valence-corrected chi connectivity index (χ3v) is 3.35. The molecule has 0 saturated heterocycles. The average molecular weight is 282 g/mol. The summed E-state index contributed by atoms with van der Waals surface area (Å²) in [5.74, 6) is -1.20. The molecule has 0 aliphatic carbocycles. The molecule has 0 bridgehead atoms. The highest BCUT2D eigenvalue weighted by Crippen LogP contribution is 2.27. The number of hydrogen-bond acceptors (Lipinski definition) is 4. The van der Waals surface area contributed by atoms with Crippen LogP contribution in [-0.4, -0.2) is 18.2 Å². The van der Waals surface area contributed by atoms with Crippen LogP contribution in [0.15, 0.2) is 29.6 Å². The fourth-order valence-corrected chi connectivity index (χ4v) is 2.22. The number of aromatic carboxylic acids is 1.